The maximum atomic E-state index is 12.5. The Labute approximate surface area is 133 Å². The van der Waals surface area contributed by atoms with Crippen molar-refractivity contribution in [3.63, 3.8) is 0 Å². The molecule has 0 radical (unpaired) electrons. The van der Waals surface area contributed by atoms with Crippen molar-refractivity contribution in [2.75, 3.05) is 0 Å². The molecule has 0 spiro atoms. The molecule has 21 heavy (non-hydrogen) atoms. The predicted molar refractivity (Wildman–Crippen MR) is 85.2 cm³/mol. The summed E-state index contributed by atoms with van der Waals surface area (Å²) in [4.78, 5) is 1.03. The van der Waals surface area contributed by atoms with Crippen LogP contribution in [0.5, 0.6) is 0 Å². The Balaban J connectivity index is 2.30. The molecule has 0 aliphatic rings. The number of halogens is 1. The van der Waals surface area contributed by atoms with Crippen LogP contribution in [0.15, 0.2) is 35.2 Å². The second-order valence-electron chi connectivity index (χ2n) is 4.68. The molecule has 1 heterocycles. The van der Waals surface area contributed by atoms with E-state index in [1.165, 1.54) is 17.4 Å². The van der Waals surface area contributed by atoms with E-state index in [0.717, 1.165) is 4.88 Å². The number of rotatable bonds is 5. The van der Waals surface area contributed by atoms with E-state index in [2.05, 4.69) is 4.72 Å². The van der Waals surface area contributed by atoms with E-state index in [0.29, 0.717) is 15.5 Å². The average molecular weight is 346 g/mol. The number of hydrogen-bond acceptors (Lipinski definition) is 4. The molecule has 0 aliphatic carbocycles. The van der Waals surface area contributed by atoms with Crippen LogP contribution in [0.1, 0.15) is 29.0 Å². The van der Waals surface area contributed by atoms with Crippen LogP contribution >= 0.6 is 22.9 Å². The summed E-state index contributed by atoms with van der Waals surface area (Å²) in [6.07, 6.45) is 0. The minimum atomic E-state index is -3.66. The Morgan fingerprint density at radius 1 is 1.33 bits per heavy atom. The van der Waals surface area contributed by atoms with Crippen molar-refractivity contribution >= 4 is 33.0 Å². The van der Waals surface area contributed by atoms with Crippen molar-refractivity contribution in [2.24, 2.45) is 0 Å². The summed E-state index contributed by atoms with van der Waals surface area (Å²) < 4.78 is 28.2. The monoisotopic (exact) mass is 345 g/mol. The molecule has 0 fully saturated rings. The molecule has 0 amide bonds. The molecule has 114 valence electrons. The Morgan fingerprint density at radius 3 is 2.62 bits per heavy atom. The Morgan fingerprint density at radius 2 is 2.05 bits per heavy atom. The topological polar surface area (TPSA) is 66.4 Å². The SMILES string of the molecule is Cc1c(CO)cccc1S(=O)(=O)NC(C)c1ccc(Cl)s1. The summed E-state index contributed by atoms with van der Waals surface area (Å²) in [7, 11) is -3.66. The Hall–Kier alpha value is -0.920. The van der Waals surface area contributed by atoms with Gasteiger partial charge < -0.3 is 5.11 Å². The van der Waals surface area contributed by atoms with Gasteiger partial charge in [-0.15, -0.1) is 11.3 Å². The van der Waals surface area contributed by atoms with Crippen molar-refractivity contribution in [3.05, 3.63) is 50.7 Å². The maximum Gasteiger partial charge on any atom is 0.241 e. The molecule has 0 aliphatic heterocycles. The van der Waals surface area contributed by atoms with Gasteiger partial charge in [0.15, 0.2) is 0 Å². The molecule has 4 nitrogen and oxygen atoms in total. The second-order valence-corrected chi connectivity index (χ2v) is 8.11. The zero-order valence-corrected chi connectivity index (χ0v) is 14.0. The number of aliphatic hydroxyl groups excluding tert-OH is 1. The largest absolute Gasteiger partial charge is 0.392 e. The van der Waals surface area contributed by atoms with Crippen LogP contribution in [0.3, 0.4) is 0 Å². The standard InChI is InChI=1S/C14H16ClNO3S2/c1-9-11(8-17)4-3-5-13(9)21(18,19)16-10(2)12-6-7-14(15)20-12/h3-7,10,16-17H,8H2,1-2H3. The third-order valence-corrected chi connectivity index (χ3v) is 6.31. The molecule has 1 atom stereocenters. The summed E-state index contributed by atoms with van der Waals surface area (Å²) in [5, 5.41) is 9.24. The highest BCUT2D eigenvalue weighted by atomic mass is 35.5. The zero-order chi connectivity index (χ0) is 15.6. The highest BCUT2D eigenvalue weighted by molar-refractivity contribution is 7.89. The summed E-state index contributed by atoms with van der Waals surface area (Å²) in [5.41, 5.74) is 1.16. The van der Waals surface area contributed by atoms with Crippen molar-refractivity contribution in [3.8, 4) is 0 Å². The van der Waals surface area contributed by atoms with Crippen molar-refractivity contribution < 1.29 is 13.5 Å². The van der Waals surface area contributed by atoms with Gasteiger partial charge in [0.2, 0.25) is 10.0 Å². The van der Waals surface area contributed by atoms with Crippen LogP contribution in [0.2, 0.25) is 4.34 Å². The molecule has 1 aromatic carbocycles. The van der Waals surface area contributed by atoms with E-state index in [1.54, 1.807) is 38.1 Å². The lowest BCUT2D eigenvalue weighted by Gasteiger charge is -2.15. The summed E-state index contributed by atoms with van der Waals surface area (Å²) in [6, 6.07) is 8.03. The molecule has 0 bridgehead atoms. The second kappa shape index (κ2) is 6.46. The molecule has 1 aromatic heterocycles. The van der Waals surface area contributed by atoms with E-state index >= 15 is 0 Å². The fourth-order valence-corrected chi connectivity index (χ4v) is 4.69. The third kappa shape index (κ3) is 3.64. The molecule has 2 rings (SSSR count). The average Bonchev–Trinajstić information content (AvgIpc) is 2.85. The van der Waals surface area contributed by atoms with Gasteiger partial charge in [0.25, 0.3) is 0 Å². The van der Waals surface area contributed by atoms with Crippen molar-refractivity contribution in [1.82, 2.24) is 4.72 Å². The van der Waals surface area contributed by atoms with Crippen LogP contribution in [0.4, 0.5) is 0 Å². The number of nitrogens with one attached hydrogen (secondary N) is 1. The van der Waals surface area contributed by atoms with E-state index in [4.69, 9.17) is 11.6 Å². The van der Waals surface area contributed by atoms with Gasteiger partial charge in [-0.2, -0.15) is 0 Å². The van der Waals surface area contributed by atoms with E-state index in [1.807, 2.05) is 0 Å². The lowest BCUT2D eigenvalue weighted by molar-refractivity contribution is 0.280. The van der Waals surface area contributed by atoms with Crippen LogP contribution in [0, 0.1) is 6.92 Å². The van der Waals surface area contributed by atoms with Crippen molar-refractivity contribution in [1.29, 1.82) is 0 Å². The van der Waals surface area contributed by atoms with E-state index in [-0.39, 0.29) is 17.5 Å². The lowest BCUT2D eigenvalue weighted by Crippen LogP contribution is -2.27. The molecule has 1 unspecified atom stereocenters. The highest BCUT2D eigenvalue weighted by Gasteiger charge is 2.22. The summed E-state index contributed by atoms with van der Waals surface area (Å²) >= 11 is 7.21. The number of hydrogen-bond donors (Lipinski definition) is 2. The molecule has 7 heteroatoms. The Bertz CT molecular complexity index is 740. The van der Waals surface area contributed by atoms with Crippen LogP contribution in [0.25, 0.3) is 0 Å². The number of aliphatic hydroxyl groups is 1. The Kier molecular flexibility index (Phi) is 5.06. The molecule has 2 aromatic rings. The third-order valence-electron chi connectivity index (χ3n) is 3.21. The highest BCUT2D eigenvalue weighted by Crippen LogP contribution is 2.28. The first-order valence-corrected chi connectivity index (χ1v) is 9.00. The summed E-state index contributed by atoms with van der Waals surface area (Å²) in [5.74, 6) is 0. The van der Waals surface area contributed by atoms with Gasteiger partial charge in [0.05, 0.1) is 21.9 Å². The minimum absolute atomic E-state index is 0.184. The molecule has 0 saturated heterocycles. The van der Waals surface area contributed by atoms with Crippen LogP contribution in [-0.4, -0.2) is 13.5 Å². The first-order valence-electron chi connectivity index (χ1n) is 6.32. The van der Waals surface area contributed by atoms with Gasteiger partial charge >= 0.3 is 0 Å². The first-order chi connectivity index (χ1) is 9.85. The van der Waals surface area contributed by atoms with Gasteiger partial charge in [-0.05, 0) is 43.2 Å². The fourth-order valence-electron chi connectivity index (χ4n) is 2.04. The van der Waals surface area contributed by atoms with E-state index < -0.39 is 10.0 Å². The summed E-state index contributed by atoms with van der Waals surface area (Å²) in [6.45, 7) is 3.27. The fraction of sp³-hybridized carbons (Fsp3) is 0.286. The number of thiophene rings is 1. The quantitative estimate of drug-likeness (QED) is 0.874. The molecular formula is C14H16ClNO3S2. The normalized spacial score (nSPS) is 13.3. The minimum Gasteiger partial charge on any atom is -0.392 e. The van der Waals surface area contributed by atoms with Gasteiger partial charge in [-0.3, -0.25) is 0 Å². The molecule has 0 saturated carbocycles. The number of benzene rings is 1. The van der Waals surface area contributed by atoms with E-state index in [9.17, 15) is 13.5 Å². The number of sulfonamides is 1. The van der Waals surface area contributed by atoms with Gasteiger partial charge in [-0.25, -0.2) is 13.1 Å². The van der Waals surface area contributed by atoms with Gasteiger partial charge in [-0.1, -0.05) is 23.7 Å². The maximum absolute atomic E-state index is 12.5. The van der Waals surface area contributed by atoms with Gasteiger partial charge in [0, 0.05) is 4.88 Å². The first kappa shape index (κ1) is 16.5. The van der Waals surface area contributed by atoms with Crippen LogP contribution < -0.4 is 4.72 Å². The van der Waals surface area contributed by atoms with Gasteiger partial charge in [0.1, 0.15) is 0 Å². The van der Waals surface area contributed by atoms with Crippen molar-refractivity contribution in [2.45, 2.75) is 31.4 Å². The lowest BCUT2D eigenvalue weighted by atomic mass is 10.1. The van der Waals surface area contributed by atoms with Crippen LogP contribution in [-0.2, 0) is 16.6 Å². The molecule has 2 N–H and O–H groups in total. The molecular weight excluding hydrogens is 330 g/mol. The zero-order valence-electron chi connectivity index (χ0n) is 11.6. The smallest absolute Gasteiger partial charge is 0.241 e. The predicted octanol–water partition coefficient (Wildman–Crippen LogP) is 3.24.